The first-order valence-electron chi connectivity index (χ1n) is 9.33. The van der Waals surface area contributed by atoms with E-state index in [1.807, 2.05) is 12.3 Å². The maximum Gasteiger partial charge on any atom is 0.328 e. The van der Waals surface area contributed by atoms with Crippen LogP contribution >= 0.6 is 0 Å². The van der Waals surface area contributed by atoms with Crippen LogP contribution in [0.25, 0.3) is 5.69 Å². The van der Waals surface area contributed by atoms with Crippen molar-refractivity contribution in [2.75, 3.05) is 25.5 Å². The Hall–Kier alpha value is -3.03. The number of benzene rings is 1. The van der Waals surface area contributed by atoms with Gasteiger partial charge < -0.3 is 24.8 Å². The van der Waals surface area contributed by atoms with E-state index in [0.717, 1.165) is 17.1 Å². The lowest BCUT2D eigenvalue weighted by molar-refractivity contribution is -0.142. The summed E-state index contributed by atoms with van der Waals surface area (Å²) in [7, 11) is 1.29. The molecule has 7 nitrogen and oxygen atoms in total. The lowest BCUT2D eigenvalue weighted by Crippen LogP contribution is -2.54. The molecule has 2 aliphatic rings. The highest BCUT2D eigenvalue weighted by Gasteiger charge is 2.42. The van der Waals surface area contributed by atoms with Gasteiger partial charge in [-0.05, 0) is 50.1 Å². The van der Waals surface area contributed by atoms with Crippen molar-refractivity contribution in [3.63, 3.8) is 0 Å². The van der Waals surface area contributed by atoms with E-state index in [1.54, 1.807) is 17.9 Å². The van der Waals surface area contributed by atoms with Gasteiger partial charge in [-0.15, -0.1) is 0 Å². The van der Waals surface area contributed by atoms with Crippen molar-refractivity contribution in [2.24, 2.45) is 0 Å². The topological polar surface area (TPSA) is 75.6 Å². The summed E-state index contributed by atoms with van der Waals surface area (Å²) < 4.78 is 20.5. The van der Waals surface area contributed by atoms with Gasteiger partial charge in [-0.2, -0.15) is 0 Å². The van der Waals surface area contributed by atoms with Crippen molar-refractivity contribution in [2.45, 2.75) is 31.3 Å². The molecular weight excluding hydrogens is 363 g/mol. The minimum Gasteiger partial charge on any atom is -0.467 e. The second kappa shape index (κ2) is 6.85. The Labute approximate surface area is 162 Å². The van der Waals surface area contributed by atoms with Crippen LogP contribution in [0, 0.1) is 5.82 Å². The van der Waals surface area contributed by atoms with Crippen LogP contribution in [0.1, 0.15) is 25.5 Å². The fraction of sp³-hybridized carbons (Fsp3) is 0.400. The third-order valence-corrected chi connectivity index (χ3v) is 5.63. The first kappa shape index (κ1) is 18.3. The molecule has 0 unspecified atom stereocenters. The fourth-order valence-corrected chi connectivity index (χ4v) is 4.11. The molecule has 2 aliphatic heterocycles. The summed E-state index contributed by atoms with van der Waals surface area (Å²) in [6.45, 7) is 2.63. The Kier molecular flexibility index (Phi) is 4.49. The number of aromatic nitrogens is 1. The van der Waals surface area contributed by atoms with Crippen molar-refractivity contribution in [1.29, 1.82) is 0 Å². The second-order valence-electron chi connectivity index (χ2n) is 7.31. The van der Waals surface area contributed by atoms with Crippen LogP contribution in [-0.4, -0.2) is 47.7 Å². The molecule has 0 radical (unpaired) electrons. The number of fused-ring (bicyclic) bond motifs is 4. The highest BCUT2D eigenvalue weighted by atomic mass is 19.1. The van der Waals surface area contributed by atoms with Crippen molar-refractivity contribution in [1.82, 2.24) is 14.8 Å². The number of hydrogen-bond donors (Lipinski definition) is 2. The van der Waals surface area contributed by atoms with Crippen LogP contribution in [0.2, 0.25) is 0 Å². The zero-order valence-corrected chi connectivity index (χ0v) is 15.9. The number of nitrogens with one attached hydrogen (secondary N) is 2. The number of anilines is 1. The maximum atomic E-state index is 13.8. The number of rotatable bonds is 2. The highest BCUT2D eigenvalue weighted by molar-refractivity contribution is 5.83. The average Bonchev–Trinajstić information content (AvgIpc) is 3.18. The molecule has 0 aliphatic carbocycles. The summed E-state index contributed by atoms with van der Waals surface area (Å²) in [6, 6.07) is 7.79. The molecule has 8 heteroatoms. The SMILES string of the molecule is COC(=O)[C@H](C)NC(=O)N1CCC2(CC1)Nc1cc(F)ccc1-n1cccc12. The van der Waals surface area contributed by atoms with Gasteiger partial charge in [0.15, 0.2) is 0 Å². The van der Waals surface area contributed by atoms with Crippen molar-refractivity contribution in [3.05, 3.63) is 48.0 Å². The number of amides is 2. The predicted octanol–water partition coefficient (Wildman–Crippen LogP) is 2.60. The number of hydrogen-bond acceptors (Lipinski definition) is 4. The average molecular weight is 386 g/mol. The predicted molar refractivity (Wildman–Crippen MR) is 102 cm³/mol. The van der Waals surface area contributed by atoms with Crippen molar-refractivity contribution < 1.29 is 18.7 Å². The summed E-state index contributed by atoms with van der Waals surface area (Å²) in [5, 5.41) is 6.20. The minimum absolute atomic E-state index is 0.286. The van der Waals surface area contributed by atoms with Crippen molar-refractivity contribution >= 4 is 17.7 Å². The van der Waals surface area contributed by atoms with Crippen LogP contribution < -0.4 is 10.6 Å². The summed E-state index contributed by atoms with van der Waals surface area (Å²) in [5.74, 6) is -0.766. The minimum atomic E-state index is -0.701. The molecule has 1 atom stereocenters. The first-order chi connectivity index (χ1) is 13.4. The Morgan fingerprint density at radius 2 is 2.04 bits per heavy atom. The van der Waals surface area contributed by atoms with E-state index in [2.05, 4.69) is 26.0 Å². The number of esters is 1. The molecule has 1 saturated heterocycles. The molecule has 0 bridgehead atoms. The Bertz CT molecular complexity index is 918. The molecule has 0 saturated carbocycles. The van der Waals surface area contributed by atoms with Crippen molar-refractivity contribution in [3.8, 4) is 5.69 Å². The Morgan fingerprint density at radius 3 is 2.75 bits per heavy atom. The van der Waals surface area contributed by atoms with E-state index >= 15 is 0 Å². The van der Waals surface area contributed by atoms with E-state index in [0.29, 0.717) is 25.9 Å². The molecule has 148 valence electrons. The van der Waals surface area contributed by atoms with Gasteiger partial charge >= 0.3 is 12.0 Å². The van der Waals surface area contributed by atoms with Gasteiger partial charge in [-0.3, -0.25) is 0 Å². The highest BCUT2D eigenvalue weighted by Crippen LogP contribution is 2.43. The number of halogens is 1. The van der Waals surface area contributed by atoms with Gasteiger partial charge in [0, 0.05) is 25.0 Å². The standard InChI is InChI=1S/C20H23FN4O3/c1-13(18(26)28-2)22-19(27)24-10-7-20(8-11-24)17-4-3-9-25(17)16-6-5-14(21)12-15(16)23-20/h3-6,9,12-13,23H,7-8,10-11H2,1-2H3,(H,22,27)/t13-/m0/s1. The normalized spacial score (nSPS) is 17.9. The van der Waals surface area contributed by atoms with E-state index in [1.165, 1.54) is 19.2 Å². The first-order valence-corrected chi connectivity index (χ1v) is 9.33. The monoisotopic (exact) mass is 386 g/mol. The lowest BCUT2D eigenvalue weighted by atomic mass is 9.82. The molecule has 3 heterocycles. The molecule has 1 aromatic heterocycles. The number of piperidine rings is 1. The Morgan fingerprint density at radius 1 is 1.29 bits per heavy atom. The largest absolute Gasteiger partial charge is 0.467 e. The maximum absolute atomic E-state index is 13.8. The summed E-state index contributed by atoms with van der Waals surface area (Å²) in [4.78, 5) is 25.7. The van der Waals surface area contributed by atoms with Gasteiger partial charge in [0.1, 0.15) is 11.9 Å². The molecule has 28 heavy (non-hydrogen) atoms. The summed E-state index contributed by atoms with van der Waals surface area (Å²) in [5.41, 5.74) is 2.41. The molecular formula is C20H23FN4O3. The number of nitrogens with zero attached hydrogens (tertiary/aromatic N) is 2. The van der Waals surface area contributed by atoms with Crippen LogP contribution in [0.3, 0.4) is 0 Å². The van der Waals surface area contributed by atoms with Gasteiger partial charge in [-0.25, -0.2) is 14.0 Å². The van der Waals surface area contributed by atoms with E-state index < -0.39 is 12.0 Å². The Balaban J connectivity index is 1.52. The number of urea groups is 1. The molecule has 2 amide bonds. The van der Waals surface area contributed by atoms with E-state index in [4.69, 9.17) is 0 Å². The molecule has 1 spiro atoms. The van der Waals surface area contributed by atoms with E-state index in [-0.39, 0.29) is 17.4 Å². The zero-order chi connectivity index (χ0) is 19.9. The van der Waals surface area contributed by atoms with Gasteiger partial charge in [-0.1, -0.05) is 0 Å². The van der Waals surface area contributed by atoms with Crippen LogP contribution in [-0.2, 0) is 15.1 Å². The van der Waals surface area contributed by atoms with Crippen LogP contribution in [0.4, 0.5) is 14.9 Å². The van der Waals surface area contributed by atoms with Crippen LogP contribution in [0.5, 0.6) is 0 Å². The second-order valence-corrected chi connectivity index (χ2v) is 7.31. The number of carbonyl (C=O) groups excluding carboxylic acids is 2. The molecule has 1 fully saturated rings. The van der Waals surface area contributed by atoms with E-state index in [9.17, 15) is 14.0 Å². The molecule has 1 aromatic carbocycles. The lowest BCUT2D eigenvalue weighted by Gasteiger charge is -2.46. The smallest absolute Gasteiger partial charge is 0.328 e. The van der Waals surface area contributed by atoms with Gasteiger partial charge in [0.2, 0.25) is 0 Å². The summed E-state index contributed by atoms with van der Waals surface area (Å²) >= 11 is 0. The third kappa shape index (κ3) is 2.98. The number of ether oxygens (including phenoxy) is 1. The van der Waals surface area contributed by atoms with Gasteiger partial charge in [0.25, 0.3) is 0 Å². The third-order valence-electron chi connectivity index (χ3n) is 5.63. The number of carbonyl (C=O) groups is 2. The zero-order valence-electron chi connectivity index (χ0n) is 15.9. The van der Waals surface area contributed by atoms with Gasteiger partial charge in [0.05, 0.1) is 24.0 Å². The fourth-order valence-electron chi connectivity index (χ4n) is 4.11. The molecule has 2 N–H and O–H groups in total. The molecule has 2 aromatic rings. The molecule has 4 rings (SSSR count). The van der Waals surface area contributed by atoms with Crippen LogP contribution in [0.15, 0.2) is 36.5 Å². The summed E-state index contributed by atoms with van der Waals surface area (Å²) in [6.07, 6.45) is 3.33. The number of likely N-dealkylation sites (tertiary alicyclic amines) is 1. The quantitative estimate of drug-likeness (QED) is 0.778. The number of methoxy groups -OCH3 is 1.